The van der Waals surface area contributed by atoms with E-state index in [9.17, 15) is 0 Å². The molecule has 0 bridgehead atoms. The van der Waals surface area contributed by atoms with Gasteiger partial charge in [-0.05, 0) is 13.0 Å². The minimum atomic E-state index is 0. The summed E-state index contributed by atoms with van der Waals surface area (Å²) in [6.07, 6.45) is 1.62. The lowest BCUT2D eigenvalue weighted by molar-refractivity contribution is 0.527. The van der Waals surface area contributed by atoms with Gasteiger partial charge in [-0.1, -0.05) is 0 Å². The molecule has 0 aliphatic heterocycles. The zero-order valence-electron chi connectivity index (χ0n) is 4.51. The molecule has 0 saturated carbocycles. The number of hydrogen-bond acceptors (Lipinski definition) is 2. The van der Waals surface area contributed by atoms with E-state index in [1.165, 1.54) is 0 Å². The van der Waals surface area contributed by atoms with Gasteiger partial charge >= 0.3 is 0 Å². The lowest BCUT2D eigenvalue weighted by atomic mass is 10.5. The lowest BCUT2D eigenvalue weighted by Crippen LogP contribution is -1.57. The monoisotopic (exact) mass is 132 g/mol. The van der Waals surface area contributed by atoms with Crippen molar-refractivity contribution < 1.29 is 9.89 Å². The first-order chi connectivity index (χ1) is 3.30. The maximum Gasteiger partial charge on any atom is 0.113 e. The van der Waals surface area contributed by atoms with E-state index < -0.39 is 0 Å². The van der Waals surface area contributed by atoms with Gasteiger partial charge in [-0.2, -0.15) is 0 Å². The molecular weight excluding hydrogens is 124 g/mol. The van der Waals surface area contributed by atoms with E-state index in [-0.39, 0.29) is 5.48 Å². The number of hydrogen-bond donors (Lipinski definition) is 1. The van der Waals surface area contributed by atoms with Crippen LogP contribution in [0.15, 0.2) is 21.6 Å². The Hall–Kier alpha value is -0.410. The Kier molecular flexibility index (Phi) is 2.65. The number of rotatable bonds is 0. The van der Waals surface area contributed by atoms with Crippen LogP contribution in [0.4, 0.5) is 0 Å². The van der Waals surface area contributed by atoms with Crippen LogP contribution in [0.25, 0.3) is 0 Å². The average Bonchev–Trinajstić information content (AvgIpc) is 1.91. The predicted molar refractivity (Wildman–Crippen MR) is 34.3 cm³/mol. The second kappa shape index (κ2) is 2.79. The number of thiol groups is 1. The van der Waals surface area contributed by atoms with Gasteiger partial charge in [-0.25, -0.2) is 0 Å². The van der Waals surface area contributed by atoms with Crippen LogP contribution in [-0.2, 0) is 0 Å². The smallest absolute Gasteiger partial charge is 0.113 e. The second-order valence-electron chi connectivity index (χ2n) is 1.36. The summed E-state index contributed by atoms with van der Waals surface area (Å²) < 4.78 is 4.89. The van der Waals surface area contributed by atoms with Crippen molar-refractivity contribution in [2.75, 3.05) is 0 Å². The Morgan fingerprint density at radius 3 is 2.38 bits per heavy atom. The van der Waals surface area contributed by atoms with Crippen molar-refractivity contribution in [3.8, 4) is 0 Å². The van der Waals surface area contributed by atoms with E-state index in [0.29, 0.717) is 0 Å². The molecule has 0 atom stereocenters. The molecule has 46 valence electrons. The topological polar surface area (TPSA) is 44.6 Å². The van der Waals surface area contributed by atoms with Crippen molar-refractivity contribution in [3.05, 3.63) is 18.1 Å². The van der Waals surface area contributed by atoms with Gasteiger partial charge in [0.2, 0.25) is 0 Å². The van der Waals surface area contributed by atoms with Crippen LogP contribution in [0.2, 0.25) is 0 Å². The summed E-state index contributed by atoms with van der Waals surface area (Å²) in [5.41, 5.74) is 0. The van der Waals surface area contributed by atoms with Crippen LogP contribution in [0.5, 0.6) is 0 Å². The Morgan fingerprint density at radius 2 is 2.25 bits per heavy atom. The molecular formula is C5H8O2S. The van der Waals surface area contributed by atoms with Crippen molar-refractivity contribution in [3.63, 3.8) is 0 Å². The average molecular weight is 132 g/mol. The van der Waals surface area contributed by atoms with Crippen molar-refractivity contribution in [2.24, 2.45) is 0 Å². The molecule has 1 aromatic heterocycles. The summed E-state index contributed by atoms with van der Waals surface area (Å²) in [6.45, 7) is 1.88. The highest BCUT2D eigenvalue weighted by Gasteiger charge is 1.90. The highest BCUT2D eigenvalue weighted by Crippen LogP contribution is 2.11. The lowest BCUT2D eigenvalue weighted by Gasteiger charge is -1.78. The van der Waals surface area contributed by atoms with Gasteiger partial charge in [0, 0.05) is 4.90 Å². The Morgan fingerprint density at radius 1 is 1.62 bits per heavy atom. The zero-order valence-corrected chi connectivity index (χ0v) is 5.40. The van der Waals surface area contributed by atoms with Crippen LogP contribution in [-0.4, -0.2) is 5.48 Å². The summed E-state index contributed by atoms with van der Waals surface area (Å²) in [5.74, 6) is 0.878. The first-order valence-corrected chi connectivity index (χ1v) is 2.48. The largest absolute Gasteiger partial charge is 0.468 e. The second-order valence-corrected chi connectivity index (χ2v) is 1.84. The molecule has 1 heterocycles. The fourth-order valence-corrected chi connectivity index (χ4v) is 0.492. The fraction of sp³-hybridized carbons (Fsp3) is 0.200. The molecule has 3 heteroatoms. The maximum atomic E-state index is 4.89. The Bertz CT molecular complexity index is 143. The van der Waals surface area contributed by atoms with E-state index in [1.54, 1.807) is 6.26 Å². The van der Waals surface area contributed by atoms with Crippen LogP contribution in [0.1, 0.15) is 5.76 Å². The van der Waals surface area contributed by atoms with Crippen molar-refractivity contribution in [1.29, 1.82) is 0 Å². The zero-order chi connectivity index (χ0) is 5.28. The van der Waals surface area contributed by atoms with E-state index in [2.05, 4.69) is 12.6 Å². The summed E-state index contributed by atoms with van der Waals surface area (Å²) >= 11 is 4.06. The van der Waals surface area contributed by atoms with E-state index in [0.717, 1.165) is 10.7 Å². The quantitative estimate of drug-likeness (QED) is 0.527. The molecule has 1 aromatic rings. The molecule has 1 rings (SSSR count). The molecule has 0 fully saturated rings. The highest BCUT2D eigenvalue weighted by molar-refractivity contribution is 7.80. The molecule has 0 unspecified atom stereocenters. The summed E-state index contributed by atoms with van der Waals surface area (Å²) in [6, 6.07) is 1.82. The normalized spacial score (nSPS) is 8.25. The molecule has 2 nitrogen and oxygen atoms in total. The molecule has 0 aliphatic carbocycles. The van der Waals surface area contributed by atoms with Gasteiger partial charge in [-0.15, -0.1) is 12.6 Å². The third kappa shape index (κ3) is 1.28. The molecule has 0 radical (unpaired) electrons. The summed E-state index contributed by atoms with van der Waals surface area (Å²) in [4.78, 5) is 0.917. The molecule has 0 spiro atoms. The molecule has 0 aromatic carbocycles. The van der Waals surface area contributed by atoms with Crippen LogP contribution in [0, 0.1) is 6.92 Å². The molecule has 0 aliphatic rings. The van der Waals surface area contributed by atoms with Gasteiger partial charge in [0.15, 0.2) is 0 Å². The SMILES string of the molecule is Cc1occc1S.O. The van der Waals surface area contributed by atoms with Gasteiger partial charge in [0.1, 0.15) is 5.76 Å². The van der Waals surface area contributed by atoms with E-state index in [1.807, 2.05) is 13.0 Å². The minimum Gasteiger partial charge on any atom is -0.468 e. The summed E-state index contributed by atoms with van der Waals surface area (Å²) in [7, 11) is 0. The third-order valence-electron chi connectivity index (χ3n) is 0.831. The van der Waals surface area contributed by atoms with Crippen LogP contribution >= 0.6 is 12.6 Å². The van der Waals surface area contributed by atoms with Gasteiger partial charge in [0.05, 0.1) is 6.26 Å². The van der Waals surface area contributed by atoms with Gasteiger partial charge < -0.3 is 9.89 Å². The fourth-order valence-electron chi connectivity index (χ4n) is 0.378. The van der Waals surface area contributed by atoms with Crippen LogP contribution < -0.4 is 0 Å². The Labute approximate surface area is 53.2 Å². The van der Waals surface area contributed by atoms with Gasteiger partial charge in [-0.3, -0.25) is 0 Å². The maximum absolute atomic E-state index is 4.89. The summed E-state index contributed by atoms with van der Waals surface area (Å²) in [5, 5.41) is 0. The molecule has 0 amide bonds. The van der Waals surface area contributed by atoms with E-state index >= 15 is 0 Å². The third-order valence-corrected chi connectivity index (χ3v) is 1.30. The molecule has 0 saturated heterocycles. The van der Waals surface area contributed by atoms with E-state index in [4.69, 9.17) is 4.42 Å². The first kappa shape index (κ1) is 7.59. The minimum absolute atomic E-state index is 0. The standard InChI is InChI=1S/C5H6OS.H2O/c1-4-5(7)2-3-6-4;/h2-3,7H,1H3;1H2. The molecule has 8 heavy (non-hydrogen) atoms. The number of aryl methyl sites for hydroxylation is 1. The van der Waals surface area contributed by atoms with Crippen molar-refractivity contribution >= 4 is 12.6 Å². The highest BCUT2D eigenvalue weighted by atomic mass is 32.1. The van der Waals surface area contributed by atoms with Crippen molar-refractivity contribution in [1.82, 2.24) is 0 Å². The van der Waals surface area contributed by atoms with Crippen LogP contribution in [0.3, 0.4) is 0 Å². The Balaban J connectivity index is 0.000000490. The predicted octanol–water partition coefficient (Wildman–Crippen LogP) is 1.05. The van der Waals surface area contributed by atoms with Crippen molar-refractivity contribution in [2.45, 2.75) is 11.8 Å². The number of furan rings is 1. The first-order valence-electron chi connectivity index (χ1n) is 2.04. The van der Waals surface area contributed by atoms with Gasteiger partial charge in [0.25, 0.3) is 0 Å². The molecule has 2 N–H and O–H groups in total.